The number of carbonyl (C=O) groups is 2. The molecule has 0 saturated carbocycles. The van der Waals surface area contributed by atoms with E-state index in [9.17, 15) is 14.7 Å². The van der Waals surface area contributed by atoms with Crippen LogP contribution in [0.3, 0.4) is 0 Å². The molecule has 0 bridgehead atoms. The molecule has 2 heterocycles. The zero-order valence-corrected chi connectivity index (χ0v) is 10.7. The predicted octanol–water partition coefficient (Wildman–Crippen LogP) is -0.103. The Morgan fingerprint density at radius 1 is 1.50 bits per heavy atom. The number of carboxylic acids is 1. The Hall–Kier alpha value is -1.60. The fourth-order valence-electron chi connectivity index (χ4n) is 2.22. The molecule has 96 valence electrons. The second kappa shape index (κ2) is 3.96. The highest BCUT2D eigenvalue weighted by Gasteiger charge is 2.54. The Bertz CT molecular complexity index is 561. The van der Waals surface area contributed by atoms with Gasteiger partial charge in [0.1, 0.15) is 15.8 Å². The number of pyridine rings is 1. The molecule has 7 heteroatoms. The summed E-state index contributed by atoms with van der Waals surface area (Å²) < 4.78 is 0. The predicted molar refractivity (Wildman–Crippen MR) is 66.1 cm³/mol. The van der Waals surface area contributed by atoms with E-state index in [1.165, 1.54) is 0 Å². The lowest BCUT2D eigenvalue weighted by Gasteiger charge is -2.26. The molecule has 1 aliphatic heterocycles. The molecule has 0 fully saturated rings. The second-order valence-corrected chi connectivity index (χ2v) is 5.42. The maximum Gasteiger partial charge on any atom is 0.319 e. The van der Waals surface area contributed by atoms with E-state index in [4.69, 9.17) is 11.5 Å². The summed E-state index contributed by atoms with van der Waals surface area (Å²) in [5.41, 5.74) is 11.5. The number of hydrogen-bond acceptors (Lipinski definition) is 5. The van der Waals surface area contributed by atoms with Crippen LogP contribution in [-0.2, 0) is 15.1 Å². The normalized spacial score (nSPS) is 25.8. The number of carboxylic acid groups (broad SMARTS) is 1. The lowest BCUT2D eigenvalue weighted by molar-refractivity contribution is -0.140. The van der Waals surface area contributed by atoms with Crippen LogP contribution in [0.25, 0.3) is 0 Å². The minimum Gasteiger partial charge on any atom is -0.480 e. The molecule has 1 amide bonds. The van der Waals surface area contributed by atoms with Crippen molar-refractivity contribution in [1.82, 2.24) is 4.98 Å². The Labute approximate surface area is 108 Å². The molecule has 0 aliphatic carbocycles. The van der Waals surface area contributed by atoms with Crippen LogP contribution >= 0.6 is 11.8 Å². The van der Waals surface area contributed by atoms with Gasteiger partial charge in [0.05, 0.1) is 0 Å². The van der Waals surface area contributed by atoms with Gasteiger partial charge in [-0.3, -0.25) is 9.59 Å². The minimum absolute atomic E-state index is 0.429. The van der Waals surface area contributed by atoms with Crippen LogP contribution < -0.4 is 11.5 Å². The molecular weight excluding hydrogens is 254 g/mol. The fraction of sp³-hybridized carbons (Fsp3) is 0.364. The van der Waals surface area contributed by atoms with Crippen LogP contribution in [0.15, 0.2) is 11.1 Å². The SMILES string of the molecule is Cc1cc(C)c2c(n1)S[C@@H](C(=O)O)[C@@]2(N)C(N)=O. The average molecular weight is 267 g/mol. The first kappa shape index (κ1) is 12.8. The van der Waals surface area contributed by atoms with Crippen LogP contribution in [0.1, 0.15) is 16.8 Å². The molecule has 0 unspecified atom stereocenters. The third kappa shape index (κ3) is 1.58. The van der Waals surface area contributed by atoms with Gasteiger partial charge in [-0.2, -0.15) is 0 Å². The summed E-state index contributed by atoms with van der Waals surface area (Å²) in [4.78, 5) is 27.1. The standard InChI is InChI=1S/C11H13N3O3S/c1-4-3-5(2)14-8-6(4)11(13,10(12)17)7(18-8)9(15)16/h3,7H,13H2,1-2H3,(H2,12,17)(H,15,16)/t7-,11+/m0/s1. The first-order valence-electron chi connectivity index (χ1n) is 5.25. The van der Waals surface area contributed by atoms with Gasteiger partial charge in [-0.05, 0) is 25.5 Å². The number of primary amides is 1. The maximum absolute atomic E-state index is 11.6. The van der Waals surface area contributed by atoms with E-state index in [2.05, 4.69) is 4.98 Å². The number of fused-ring (bicyclic) bond motifs is 1. The average Bonchev–Trinajstić information content (AvgIpc) is 2.53. The summed E-state index contributed by atoms with van der Waals surface area (Å²) in [7, 11) is 0. The van der Waals surface area contributed by atoms with Crippen LogP contribution in [0.5, 0.6) is 0 Å². The molecule has 5 N–H and O–H groups in total. The van der Waals surface area contributed by atoms with E-state index in [0.29, 0.717) is 10.6 Å². The Morgan fingerprint density at radius 2 is 2.11 bits per heavy atom. The van der Waals surface area contributed by atoms with Gasteiger partial charge >= 0.3 is 5.97 Å². The highest BCUT2D eigenvalue weighted by atomic mass is 32.2. The number of aromatic nitrogens is 1. The summed E-state index contributed by atoms with van der Waals surface area (Å²) in [5, 5.41) is 8.53. The molecule has 0 saturated heterocycles. The van der Waals surface area contributed by atoms with Crippen molar-refractivity contribution in [2.75, 3.05) is 0 Å². The Morgan fingerprint density at radius 3 is 2.61 bits per heavy atom. The van der Waals surface area contributed by atoms with Gasteiger partial charge in [-0.1, -0.05) is 11.8 Å². The number of rotatable bonds is 2. The van der Waals surface area contributed by atoms with Crippen LogP contribution in [0.2, 0.25) is 0 Å². The molecule has 2 rings (SSSR count). The molecule has 0 aromatic carbocycles. The van der Waals surface area contributed by atoms with Crippen molar-refractivity contribution in [3.05, 3.63) is 22.9 Å². The van der Waals surface area contributed by atoms with Crippen LogP contribution in [-0.4, -0.2) is 27.2 Å². The lowest BCUT2D eigenvalue weighted by Crippen LogP contribution is -2.56. The molecule has 6 nitrogen and oxygen atoms in total. The first-order valence-corrected chi connectivity index (χ1v) is 6.13. The van der Waals surface area contributed by atoms with E-state index < -0.39 is 22.7 Å². The maximum atomic E-state index is 11.6. The van der Waals surface area contributed by atoms with Gasteiger partial charge in [0, 0.05) is 11.3 Å². The molecule has 1 aromatic heterocycles. The van der Waals surface area contributed by atoms with E-state index >= 15 is 0 Å². The zero-order valence-electron chi connectivity index (χ0n) is 9.93. The van der Waals surface area contributed by atoms with Gasteiger partial charge < -0.3 is 16.6 Å². The molecule has 0 radical (unpaired) electrons. The molecule has 1 aliphatic rings. The quantitative estimate of drug-likeness (QED) is 0.688. The number of aliphatic carboxylic acids is 1. The van der Waals surface area contributed by atoms with Gasteiger partial charge in [0.2, 0.25) is 5.91 Å². The molecule has 2 atom stereocenters. The van der Waals surface area contributed by atoms with Gasteiger partial charge in [-0.25, -0.2) is 4.98 Å². The number of aryl methyl sites for hydroxylation is 2. The highest BCUT2D eigenvalue weighted by Crippen LogP contribution is 2.47. The topological polar surface area (TPSA) is 119 Å². The second-order valence-electron chi connectivity index (χ2n) is 4.33. The Kier molecular flexibility index (Phi) is 2.83. The molecule has 18 heavy (non-hydrogen) atoms. The molecule has 0 spiro atoms. The smallest absolute Gasteiger partial charge is 0.319 e. The van der Waals surface area contributed by atoms with Crippen molar-refractivity contribution in [3.8, 4) is 0 Å². The van der Waals surface area contributed by atoms with E-state index in [1.807, 2.05) is 0 Å². The summed E-state index contributed by atoms with van der Waals surface area (Å²) in [6.45, 7) is 3.56. The zero-order chi connectivity index (χ0) is 13.7. The summed E-state index contributed by atoms with van der Waals surface area (Å²) >= 11 is 0.971. The van der Waals surface area contributed by atoms with Crippen molar-refractivity contribution >= 4 is 23.6 Å². The van der Waals surface area contributed by atoms with Gasteiger partial charge in [-0.15, -0.1) is 0 Å². The van der Waals surface area contributed by atoms with Crippen LogP contribution in [0.4, 0.5) is 0 Å². The van der Waals surface area contributed by atoms with Crippen molar-refractivity contribution < 1.29 is 14.7 Å². The summed E-state index contributed by atoms with van der Waals surface area (Å²) in [6, 6.07) is 1.76. The van der Waals surface area contributed by atoms with Crippen molar-refractivity contribution in [2.24, 2.45) is 11.5 Å². The Balaban J connectivity index is 2.72. The monoisotopic (exact) mass is 267 g/mol. The number of carbonyl (C=O) groups excluding carboxylic acids is 1. The summed E-state index contributed by atoms with van der Waals surface area (Å²) in [6.07, 6.45) is 0. The van der Waals surface area contributed by atoms with Crippen LogP contribution in [0, 0.1) is 13.8 Å². The van der Waals surface area contributed by atoms with Gasteiger partial charge in [0.25, 0.3) is 0 Å². The highest BCUT2D eigenvalue weighted by molar-refractivity contribution is 8.01. The number of nitrogens with zero attached hydrogens (tertiary/aromatic N) is 1. The van der Waals surface area contributed by atoms with E-state index in [0.717, 1.165) is 23.0 Å². The number of nitrogens with two attached hydrogens (primary N) is 2. The van der Waals surface area contributed by atoms with E-state index in [-0.39, 0.29) is 0 Å². The number of hydrogen-bond donors (Lipinski definition) is 3. The van der Waals surface area contributed by atoms with Crippen molar-refractivity contribution in [2.45, 2.75) is 29.7 Å². The molecule has 1 aromatic rings. The van der Waals surface area contributed by atoms with Gasteiger partial charge in [0.15, 0.2) is 0 Å². The third-order valence-electron chi connectivity index (χ3n) is 3.00. The third-order valence-corrected chi connectivity index (χ3v) is 4.33. The minimum atomic E-state index is -1.71. The van der Waals surface area contributed by atoms with Crippen molar-refractivity contribution in [3.63, 3.8) is 0 Å². The number of amides is 1. The largest absolute Gasteiger partial charge is 0.480 e. The lowest BCUT2D eigenvalue weighted by atomic mass is 9.85. The van der Waals surface area contributed by atoms with Crippen molar-refractivity contribution in [1.29, 1.82) is 0 Å². The van der Waals surface area contributed by atoms with E-state index in [1.54, 1.807) is 19.9 Å². The number of thioether (sulfide) groups is 1. The summed E-state index contributed by atoms with van der Waals surface area (Å²) in [5.74, 6) is -2.02. The fourth-order valence-corrected chi connectivity index (χ4v) is 3.61. The molecular formula is C11H13N3O3S. The first-order chi connectivity index (χ1) is 8.28.